The van der Waals surface area contributed by atoms with Gasteiger partial charge in [0.15, 0.2) is 0 Å². The van der Waals surface area contributed by atoms with Gasteiger partial charge in [-0.2, -0.15) is 0 Å². The van der Waals surface area contributed by atoms with Crippen LogP contribution in [0.15, 0.2) is 0 Å². The molecule has 0 radical (unpaired) electrons. The average molecular weight is 248 g/mol. The van der Waals surface area contributed by atoms with Gasteiger partial charge in [0.1, 0.15) is 0 Å². The molecule has 0 aromatic heterocycles. The van der Waals surface area contributed by atoms with Crippen molar-refractivity contribution >= 4 is 10.0 Å². The van der Waals surface area contributed by atoms with Gasteiger partial charge in [0.05, 0.1) is 5.25 Å². The Hall–Kier alpha value is -0.130. The minimum Gasteiger partial charge on any atom is -0.329 e. The van der Waals surface area contributed by atoms with Crippen molar-refractivity contribution in [3.8, 4) is 0 Å². The van der Waals surface area contributed by atoms with E-state index in [4.69, 9.17) is 5.73 Å². The molecule has 1 heterocycles. The van der Waals surface area contributed by atoms with E-state index < -0.39 is 15.3 Å². The fourth-order valence-electron chi connectivity index (χ4n) is 2.03. The number of nitrogens with two attached hydrogens (primary N) is 1. The van der Waals surface area contributed by atoms with E-state index in [2.05, 4.69) is 13.8 Å². The third-order valence-electron chi connectivity index (χ3n) is 3.50. The van der Waals surface area contributed by atoms with Crippen molar-refractivity contribution in [2.24, 2.45) is 11.1 Å². The van der Waals surface area contributed by atoms with E-state index in [1.54, 1.807) is 11.2 Å². The number of rotatable bonds is 3. The molecule has 4 nitrogen and oxygen atoms in total. The van der Waals surface area contributed by atoms with Crippen molar-refractivity contribution in [2.45, 2.75) is 45.3 Å². The van der Waals surface area contributed by atoms with Crippen LogP contribution in [0.25, 0.3) is 0 Å². The highest BCUT2D eigenvalue weighted by molar-refractivity contribution is 7.89. The molecule has 96 valence electrons. The molecule has 16 heavy (non-hydrogen) atoms. The highest BCUT2D eigenvalue weighted by Gasteiger charge is 2.31. The molecule has 5 heteroatoms. The molecule has 0 spiro atoms. The van der Waals surface area contributed by atoms with Crippen molar-refractivity contribution in [1.82, 2.24) is 4.31 Å². The first kappa shape index (κ1) is 13.9. The molecule has 0 aromatic rings. The first-order valence-corrected chi connectivity index (χ1v) is 7.49. The molecular formula is C11H24N2O2S. The first-order chi connectivity index (χ1) is 7.29. The Morgan fingerprint density at radius 2 is 1.94 bits per heavy atom. The minimum atomic E-state index is -3.18. The zero-order valence-electron chi connectivity index (χ0n) is 10.6. The summed E-state index contributed by atoms with van der Waals surface area (Å²) in [7, 11) is -3.18. The lowest BCUT2D eigenvalue weighted by Crippen LogP contribution is -2.41. The Kier molecular flexibility index (Phi) is 4.37. The van der Waals surface area contributed by atoms with Crippen molar-refractivity contribution in [3.63, 3.8) is 0 Å². The molecule has 1 aliphatic heterocycles. The monoisotopic (exact) mass is 248 g/mol. The maximum absolute atomic E-state index is 12.1. The number of hydrogen-bond acceptors (Lipinski definition) is 3. The van der Waals surface area contributed by atoms with E-state index in [9.17, 15) is 8.42 Å². The molecule has 1 fully saturated rings. The van der Waals surface area contributed by atoms with Crippen LogP contribution in [0.2, 0.25) is 0 Å². The minimum absolute atomic E-state index is 0.197. The fourth-order valence-corrected chi connectivity index (χ4v) is 3.51. The molecule has 0 amide bonds. The maximum atomic E-state index is 12.1. The van der Waals surface area contributed by atoms with Gasteiger partial charge in [0.25, 0.3) is 0 Å². The molecule has 0 bridgehead atoms. The summed E-state index contributed by atoms with van der Waals surface area (Å²) in [5, 5.41) is -0.464. The van der Waals surface area contributed by atoms with Crippen LogP contribution >= 0.6 is 0 Å². The lowest BCUT2D eigenvalue weighted by Gasteiger charge is -2.25. The summed E-state index contributed by atoms with van der Waals surface area (Å²) in [5.74, 6) is 0. The summed E-state index contributed by atoms with van der Waals surface area (Å²) in [5.41, 5.74) is 5.71. The molecule has 1 rings (SSSR count). The molecule has 1 aliphatic rings. The van der Waals surface area contributed by atoms with E-state index >= 15 is 0 Å². The van der Waals surface area contributed by atoms with Crippen LogP contribution < -0.4 is 5.73 Å². The normalized spacial score (nSPS) is 25.0. The highest BCUT2D eigenvalue weighted by Crippen LogP contribution is 2.31. The fraction of sp³-hybridized carbons (Fsp3) is 1.00. The number of sulfonamides is 1. The van der Waals surface area contributed by atoms with Crippen LogP contribution in [0.1, 0.15) is 40.0 Å². The standard InChI is InChI=1S/C11H24N2O2S/c1-10(9-12)16(14,15)13-7-4-5-11(2,3)6-8-13/h10H,4-9,12H2,1-3H3. The highest BCUT2D eigenvalue weighted by atomic mass is 32.2. The molecule has 0 saturated carbocycles. The van der Waals surface area contributed by atoms with Crippen molar-refractivity contribution < 1.29 is 8.42 Å². The molecule has 1 saturated heterocycles. The Balaban J connectivity index is 2.75. The zero-order chi connectivity index (χ0) is 12.4. The summed E-state index contributed by atoms with van der Waals surface area (Å²) in [6.07, 6.45) is 2.98. The second-order valence-corrected chi connectivity index (χ2v) is 7.86. The van der Waals surface area contributed by atoms with Gasteiger partial charge in [-0.3, -0.25) is 0 Å². The van der Waals surface area contributed by atoms with E-state index in [1.807, 2.05) is 0 Å². The quantitative estimate of drug-likeness (QED) is 0.815. The average Bonchev–Trinajstić information content (AvgIpc) is 2.38. The van der Waals surface area contributed by atoms with Crippen LogP contribution in [0, 0.1) is 5.41 Å². The van der Waals surface area contributed by atoms with E-state index in [0.717, 1.165) is 19.3 Å². The van der Waals surface area contributed by atoms with Crippen LogP contribution in [0.5, 0.6) is 0 Å². The predicted molar refractivity (Wildman–Crippen MR) is 66.6 cm³/mol. The molecule has 2 N–H and O–H groups in total. The van der Waals surface area contributed by atoms with Crippen LogP contribution in [-0.4, -0.2) is 37.6 Å². The molecular weight excluding hydrogens is 224 g/mol. The lowest BCUT2D eigenvalue weighted by molar-refractivity contribution is 0.314. The topological polar surface area (TPSA) is 63.4 Å². The van der Waals surface area contributed by atoms with E-state index in [1.165, 1.54) is 0 Å². The summed E-state index contributed by atoms with van der Waals surface area (Å²) >= 11 is 0. The smallest absolute Gasteiger partial charge is 0.217 e. The van der Waals surface area contributed by atoms with Crippen molar-refractivity contribution in [2.75, 3.05) is 19.6 Å². The SMILES string of the molecule is CC(CN)S(=O)(=O)N1CCCC(C)(C)CC1. The summed E-state index contributed by atoms with van der Waals surface area (Å²) in [6.45, 7) is 7.58. The van der Waals surface area contributed by atoms with Gasteiger partial charge in [-0.05, 0) is 31.6 Å². The second kappa shape index (κ2) is 5.02. The summed E-state index contributed by atoms with van der Waals surface area (Å²) < 4.78 is 25.9. The molecule has 1 unspecified atom stereocenters. The van der Waals surface area contributed by atoms with E-state index in [0.29, 0.717) is 13.1 Å². The molecule has 0 aromatic carbocycles. The lowest BCUT2D eigenvalue weighted by atomic mass is 9.85. The summed E-state index contributed by atoms with van der Waals surface area (Å²) in [6, 6.07) is 0. The van der Waals surface area contributed by atoms with E-state index in [-0.39, 0.29) is 12.0 Å². The van der Waals surface area contributed by atoms with Gasteiger partial charge in [0.2, 0.25) is 10.0 Å². The Morgan fingerprint density at radius 3 is 2.50 bits per heavy atom. The summed E-state index contributed by atoms with van der Waals surface area (Å²) in [4.78, 5) is 0. The van der Waals surface area contributed by atoms with Gasteiger partial charge >= 0.3 is 0 Å². The second-order valence-electron chi connectivity index (χ2n) is 5.51. The van der Waals surface area contributed by atoms with Gasteiger partial charge in [-0.25, -0.2) is 12.7 Å². The third-order valence-corrected chi connectivity index (χ3v) is 5.79. The molecule has 1 atom stereocenters. The first-order valence-electron chi connectivity index (χ1n) is 5.99. The van der Waals surface area contributed by atoms with Crippen LogP contribution in [-0.2, 0) is 10.0 Å². The number of nitrogens with zero attached hydrogens (tertiary/aromatic N) is 1. The molecule has 0 aliphatic carbocycles. The van der Waals surface area contributed by atoms with Crippen molar-refractivity contribution in [1.29, 1.82) is 0 Å². The van der Waals surface area contributed by atoms with Crippen molar-refractivity contribution in [3.05, 3.63) is 0 Å². The van der Waals surface area contributed by atoms with Crippen LogP contribution in [0.3, 0.4) is 0 Å². The number of hydrogen-bond donors (Lipinski definition) is 1. The van der Waals surface area contributed by atoms with Gasteiger partial charge in [-0.1, -0.05) is 13.8 Å². The van der Waals surface area contributed by atoms with Gasteiger partial charge in [0, 0.05) is 19.6 Å². The Bertz CT molecular complexity index is 325. The largest absolute Gasteiger partial charge is 0.329 e. The Morgan fingerprint density at radius 1 is 1.31 bits per heavy atom. The third kappa shape index (κ3) is 3.18. The van der Waals surface area contributed by atoms with Gasteiger partial charge < -0.3 is 5.73 Å². The van der Waals surface area contributed by atoms with Crippen LogP contribution in [0.4, 0.5) is 0 Å². The Labute approximate surface area is 99.2 Å². The predicted octanol–water partition coefficient (Wildman–Crippen LogP) is 1.18. The zero-order valence-corrected chi connectivity index (χ0v) is 11.4. The maximum Gasteiger partial charge on any atom is 0.217 e. The van der Waals surface area contributed by atoms with Gasteiger partial charge in [-0.15, -0.1) is 0 Å².